The third-order valence-electron chi connectivity index (χ3n) is 4.81. The van der Waals surface area contributed by atoms with Gasteiger partial charge in [0.05, 0.1) is 10.6 Å². The van der Waals surface area contributed by atoms with Gasteiger partial charge in [0.2, 0.25) is 0 Å². The molecule has 3 N–H and O–H groups in total. The maximum Gasteiger partial charge on any atom is 0.303 e. The average molecular weight is 392 g/mol. The number of anilines is 1. The summed E-state index contributed by atoms with van der Waals surface area (Å²) in [5.41, 5.74) is 6.55. The second-order valence-corrected chi connectivity index (χ2v) is 9.07. The highest BCUT2D eigenvalue weighted by Crippen LogP contribution is 2.28. The third kappa shape index (κ3) is 6.54. The highest BCUT2D eigenvalue weighted by Gasteiger charge is 2.17. The van der Waals surface area contributed by atoms with Crippen molar-refractivity contribution in [2.75, 3.05) is 11.5 Å². The van der Waals surface area contributed by atoms with E-state index in [1.807, 2.05) is 24.3 Å². The molecule has 0 heterocycles. The molecular formula is C21H29NO4S. The zero-order valence-corrected chi connectivity index (χ0v) is 16.5. The molecule has 27 heavy (non-hydrogen) atoms. The zero-order chi connectivity index (χ0) is 19.7. The van der Waals surface area contributed by atoms with E-state index >= 15 is 0 Å². The molecule has 0 bridgehead atoms. The Kier molecular flexibility index (Phi) is 8.10. The number of fused-ring (bicyclic) bond motifs is 1. The molecule has 0 aliphatic rings. The van der Waals surface area contributed by atoms with Gasteiger partial charge in [0.1, 0.15) is 0 Å². The van der Waals surface area contributed by atoms with Crippen LogP contribution in [0.5, 0.6) is 0 Å². The Labute approximate surface area is 161 Å². The summed E-state index contributed by atoms with van der Waals surface area (Å²) in [6.45, 7) is 0. The minimum Gasteiger partial charge on any atom is -0.481 e. The summed E-state index contributed by atoms with van der Waals surface area (Å²) in [6, 6.07) is 10.6. The van der Waals surface area contributed by atoms with E-state index in [0.29, 0.717) is 22.4 Å². The van der Waals surface area contributed by atoms with Crippen LogP contribution in [0.25, 0.3) is 10.8 Å². The van der Waals surface area contributed by atoms with Crippen molar-refractivity contribution < 1.29 is 18.3 Å². The number of nitrogen functional groups attached to an aromatic ring is 1. The summed E-state index contributed by atoms with van der Waals surface area (Å²) in [4.78, 5) is 10.8. The van der Waals surface area contributed by atoms with Crippen molar-refractivity contribution in [3.63, 3.8) is 0 Å². The molecule has 2 aromatic carbocycles. The highest BCUT2D eigenvalue weighted by molar-refractivity contribution is 7.91. The van der Waals surface area contributed by atoms with E-state index in [-0.39, 0.29) is 12.2 Å². The summed E-state index contributed by atoms with van der Waals surface area (Å²) < 4.78 is 25.5. The van der Waals surface area contributed by atoms with Crippen LogP contribution in [0.4, 0.5) is 5.69 Å². The molecule has 0 unspecified atom stereocenters. The number of carboxylic acids is 1. The molecule has 0 amide bonds. The molecule has 0 aliphatic carbocycles. The summed E-state index contributed by atoms with van der Waals surface area (Å²) in [7, 11) is -3.33. The van der Waals surface area contributed by atoms with E-state index in [9.17, 15) is 13.2 Å². The van der Waals surface area contributed by atoms with Crippen LogP contribution in [0, 0.1) is 0 Å². The van der Waals surface area contributed by atoms with Gasteiger partial charge in [-0.05, 0) is 25.0 Å². The van der Waals surface area contributed by atoms with Crippen molar-refractivity contribution in [2.24, 2.45) is 0 Å². The fourth-order valence-electron chi connectivity index (χ4n) is 3.30. The molecule has 2 rings (SSSR count). The molecule has 148 valence electrons. The summed E-state index contributed by atoms with van der Waals surface area (Å²) in [5, 5.41) is 10.1. The Bertz CT molecular complexity index is 862. The standard InChI is InChI=1S/C21H29NO4S/c22-19-14-15-20(18-12-9-8-11-17(18)19)27(25,26)16-10-6-4-2-1-3-5-7-13-21(23)24/h8-9,11-12,14-15H,1-7,10,13,16,22H2,(H,23,24). The second-order valence-electron chi connectivity index (χ2n) is 6.99. The maximum absolute atomic E-state index is 12.7. The SMILES string of the molecule is Nc1ccc(S(=O)(=O)CCCCCCCCCCC(=O)O)c2ccccc12. The fourth-order valence-corrected chi connectivity index (χ4v) is 4.90. The van der Waals surface area contributed by atoms with Gasteiger partial charge in [0.15, 0.2) is 9.84 Å². The van der Waals surface area contributed by atoms with Crippen LogP contribution in [0.3, 0.4) is 0 Å². The molecule has 0 atom stereocenters. The number of benzene rings is 2. The average Bonchev–Trinajstić information content (AvgIpc) is 2.63. The van der Waals surface area contributed by atoms with Gasteiger partial charge in [0.25, 0.3) is 0 Å². The van der Waals surface area contributed by atoms with Crippen molar-refractivity contribution in [3.05, 3.63) is 36.4 Å². The lowest BCUT2D eigenvalue weighted by Crippen LogP contribution is -2.08. The number of hydrogen-bond donors (Lipinski definition) is 2. The van der Waals surface area contributed by atoms with Gasteiger partial charge in [-0.3, -0.25) is 4.79 Å². The number of hydrogen-bond acceptors (Lipinski definition) is 4. The third-order valence-corrected chi connectivity index (χ3v) is 6.66. The normalized spacial score (nSPS) is 11.7. The molecule has 6 heteroatoms. The molecule has 0 fully saturated rings. The zero-order valence-electron chi connectivity index (χ0n) is 15.7. The first kappa shape index (κ1) is 21.2. The molecule has 0 radical (unpaired) electrons. The number of nitrogens with two attached hydrogens (primary N) is 1. The fraction of sp³-hybridized carbons (Fsp3) is 0.476. The van der Waals surface area contributed by atoms with E-state index in [1.165, 1.54) is 0 Å². The smallest absolute Gasteiger partial charge is 0.303 e. The first-order valence-corrected chi connectivity index (χ1v) is 11.3. The molecule has 0 aliphatic heterocycles. The van der Waals surface area contributed by atoms with Gasteiger partial charge in [-0.2, -0.15) is 0 Å². The molecule has 0 aromatic heterocycles. The lowest BCUT2D eigenvalue weighted by Gasteiger charge is -2.10. The number of unbranched alkanes of at least 4 members (excludes halogenated alkanes) is 7. The van der Waals surface area contributed by atoms with Gasteiger partial charge in [-0.25, -0.2) is 8.42 Å². The number of carbonyl (C=O) groups is 1. The number of rotatable bonds is 12. The van der Waals surface area contributed by atoms with E-state index in [2.05, 4.69) is 0 Å². The van der Waals surface area contributed by atoms with Gasteiger partial charge >= 0.3 is 5.97 Å². The molecular weight excluding hydrogens is 362 g/mol. The van der Waals surface area contributed by atoms with Gasteiger partial charge in [0, 0.05) is 22.9 Å². The molecule has 5 nitrogen and oxygen atoms in total. The number of aliphatic carboxylic acids is 1. The Morgan fingerprint density at radius 3 is 2.00 bits per heavy atom. The molecule has 0 saturated carbocycles. The maximum atomic E-state index is 12.7. The Morgan fingerprint density at radius 1 is 0.815 bits per heavy atom. The van der Waals surface area contributed by atoms with Crippen LogP contribution < -0.4 is 5.73 Å². The second kappa shape index (κ2) is 10.3. The lowest BCUT2D eigenvalue weighted by molar-refractivity contribution is -0.137. The Morgan fingerprint density at radius 2 is 1.37 bits per heavy atom. The van der Waals surface area contributed by atoms with Crippen LogP contribution in [0.1, 0.15) is 57.8 Å². The first-order chi connectivity index (χ1) is 12.9. The van der Waals surface area contributed by atoms with E-state index in [0.717, 1.165) is 50.3 Å². The number of sulfone groups is 1. The van der Waals surface area contributed by atoms with Crippen molar-refractivity contribution in [3.8, 4) is 0 Å². The largest absolute Gasteiger partial charge is 0.481 e. The topological polar surface area (TPSA) is 97.5 Å². The van der Waals surface area contributed by atoms with Crippen molar-refractivity contribution in [1.29, 1.82) is 0 Å². The summed E-state index contributed by atoms with van der Waals surface area (Å²) in [5.74, 6) is -0.579. The van der Waals surface area contributed by atoms with Gasteiger partial charge < -0.3 is 10.8 Å². The van der Waals surface area contributed by atoms with Crippen molar-refractivity contribution in [2.45, 2.75) is 62.7 Å². The van der Waals surface area contributed by atoms with E-state index in [1.54, 1.807) is 12.1 Å². The first-order valence-electron chi connectivity index (χ1n) is 9.63. The van der Waals surface area contributed by atoms with Crippen molar-refractivity contribution in [1.82, 2.24) is 0 Å². The predicted molar refractivity (Wildman–Crippen MR) is 110 cm³/mol. The minimum absolute atomic E-state index is 0.152. The monoisotopic (exact) mass is 391 g/mol. The quantitative estimate of drug-likeness (QED) is 0.400. The molecule has 2 aromatic rings. The predicted octanol–water partition coefficient (Wildman–Crippen LogP) is 4.79. The van der Waals surface area contributed by atoms with Crippen LogP contribution >= 0.6 is 0 Å². The van der Waals surface area contributed by atoms with Crippen molar-refractivity contribution >= 4 is 32.3 Å². The Balaban J connectivity index is 1.75. The van der Waals surface area contributed by atoms with E-state index < -0.39 is 15.8 Å². The van der Waals surface area contributed by atoms with Crippen LogP contribution in [0.15, 0.2) is 41.3 Å². The van der Waals surface area contributed by atoms with E-state index in [4.69, 9.17) is 10.8 Å². The van der Waals surface area contributed by atoms with Crippen LogP contribution in [-0.2, 0) is 14.6 Å². The number of carboxylic acid groups (broad SMARTS) is 1. The van der Waals surface area contributed by atoms with Gasteiger partial charge in [-0.1, -0.05) is 62.8 Å². The van der Waals surface area contributed by atoms with Crippen LogP contribution in [0.2, 0.25) is 0 Å². The minimum atomic E-state index is -3.33. The Hall–Kier alpha value is -2.08. The van der Waals surface area contributed by atoms with Gasteiger partial charge in [-0.15, -0.1) is 0 Å². The summed E-state index contributed by atoms with van der Waals surface area (Å²) in [6.07, 6.45) is 7.68. The highest BCUT2D eigenvalue weighted by atomic mass is 32.2. The molecule has 0 spiro atoms. The summed E-state index contributed by atoms with van der Waals surface area (Å²) >= 11 is 0. The molecule has 0 saturated heterocycles. The van der Waals surface area contributed by atoms with Crippen LogP contribution in [-0.4, -0.2) is 25.2 Å². The lowest BCUT2D eigenvalue weighted by atomic mass is 10.1.